The lowest BCUT2D eigenvalue weighted by Gasteiger charge is -2.62. The summed E-state index contributed by atoms with van der Waals surface area (Å²) in [5.74, 6) is 5.47. The molecule has 8 aliphatic rings. The molecule has 0 bridgehead atoms. The molecule has 360 valence electrons. The van der Waals surface area contributed by atoms with E-state index in [9.17, 15) is 30.0 Å². The molecule has 0 amide bonds. The number of carbonyl (C=O) groups excluding carboxylic acids is 2. The van der Waals surface area contributed by atoms with Crippen LogP contribution >= 0.6 is 0 Å². The quantitative estimate of drug-likeness (QED) is 0.141. The van der Waals surface area contributed by atoms with Gasteiger partial charge in [0.1, 0.15) is 18.9 Å². The SMILES string of the molecule is C[C@H](CCC(=O)OCCn1cc(COC(=O)CC[C@@H](C)[C@H]2CC[C@H]3[C@@H]4CC[C@@H]5C[C@H](O)CC[C@]5(C)[C@H]4C[C@H](O)[C@]23C)nn1)[C@H]1CC[C@H]2[C@@H]3CC[C@@H]4C[C@H](O)CC[C@]4(C)[C@H]3C[C@H](O)[C@]12C. The van der Waals surface area contributed by atoms with Gasteiger partial charge in [0.25, 0.3) is 0 Å². The molecule has 11 heteroatoms. The summed E-state index contributed by atoms with van der Waals surface area (Å²) in [6.07, 6.45) is 19.9. The monoisotopic (exact) mass is 892 g/mol. The van der Waals surface area contributed by atoms with Crippen LogP contribution < -0.4 is 0 Å². The van der Waals surface area contributed by atoms with Crippen LogP contribution in [-0.2, 0) is 32.2 Å². The highest BCUT2D eigenvalue weighted by Crippen LogP contribution is 2.70. The Balaban J connectivity index is 0.682. The average molecular weight is 892 g/mol. The normalized spacial score (nSPS) is 46.9. The molecular weight excluding hydrogens is 807 g/mol. The van der Waals surface area contributed by atoms with Gasteiger partial charge in [0.05, 0.1) is 37.2 Å². The number of esters is 2. The lowest BCUT2D eigenvalue weighted by molar-refractivity contribution is -0.175. The van der Waals surface area contributed by atoms with Gasteiger partial charge in [-0.2, -0.15) is 0 Å². The number of ether oxygens (including phenoxy) is 2. The van der Waals surface area contributed by atoms with Gasteiger partial charge in [0, 0.05) is 12.8 Å². The Hall–Kier alpha value is -2.08. The summed E-state index contributed by atoms with van der Waals surface area (Å²) in [5.41, 5.74) is 0.754. The maximum absolute atomic E-state index is 13.0. The first-order chi connectivity index (χ1) is 30.5. The Kier molecular flexibility index (Phi) is 13.3. The molecule has 64 heavy (non-hydrogen) atoms. The van der Waals surface area contributed by atoms with E-state index in [0.717, 1.165) is 89.9 Å². The lowest BCUT2D eigenvalue weighted by Crippen LogP contribution is -2.58. The van der Waals surface area contributed by atoms with Crippen LogP contribution in [0.1, 0.15) is 176 Å². The van der Waals surface area contributed by atoms with Crippen molar-refractivity contribution in [3.8, 4) is 0 Å². The summed E-state index contributed by atoms with van der Waals surface area (Å²) in [5, 5.41) is 53.1. The summed E-state index contributed by atoms with van der Waals surface area (Å²) >= 11 is 0. The first kappa shape index (κ1) is 47.0. The first-order valence-electron chi connectivity index (χ1n) is 26.4. The fraction of sp³-hybridized carbons (Fsp3) is 0.925. The smallest absolute Gasteiger partial charge is 0.306 e. The molecule has 9 rings (SSSR count). The zero-order valence-corrected chi connectivity index (χ0v) is 40.3. The number of aliphatic hydroxyl groups is 4. The summed E-state index contributed by atoms with van der Waals surface area (Å²) in [4.78, 5) is 25.9. The van der Waals surface area contributed by atoms with E-state index >= 15 is 0 Å². The predicted molar refractivity (Wildman–Crippen MR) is 243 cm³/mol. The summed E-state index contributed by atoms with van der Waals surface area (Å²) in [7, 11) is 0. The van der Waals surface area contributed by atoms with E-state index in [0.29, 0.717) is 96.1 Å². The highest BCUT2D eigenvalue weighted by molar-refractivity contribution is 5.69. The number of carbonyl (C=O) groups is 2. The Bertz CT molecular complexity index is 1820. The molecule has 0 spiro atoms. The second-order valence-corrected chi connectivity index (χ2v) is 24.7. The van der Waals surface area contributed by atoms with Gasteiger partial charge in [-0.15, -0.1) is 5.10 Å². The molecule has 11 nitrogen and oxygen atoms in total. The molecule has 20 atom stereocenters. The fourth-order valence-corrected chi connectivity index (χ4v) is 18.5. The minimum Gasteiger partial charge on any atom is -0.464 e. The fourth-order valence-electron chi connectivity index (χ4n) is 18.5. The molecule has 0 unspecified atom stereocenters. The van der Waals surface area contributed by atoms with E-state index in [1.807, 2.05) is 0 Å². The van der Waals surface area contributed by atoms with E-state index in [-0.39, 0.29) is 71.2 Å². The highest BCUT2D eigenvalue weighted by Gasteiger charge is 2.65. The van der Waals surface area contributed by atoms with Gasteiger partial charge in [-0.1, -0.05) is 46.8 Å². The third kappa shape index (κ3) is 8.13. The Morgan fingerprint density at radius 3 is 1.64 bits per heavy atom. The van der Waals surface area contributed by atoms with Crippen LogP contribution in [0.5, 0.6) is 0 Å². The van der Waals surface area contributed by atoms with Crippen molar-refractivity contribution in [2.24, 2.45) is 92.7 Å². The lowest BCUT2D eigenvalue weighted by atomic mass is 9.43. The van der Waals surface area contributed by atoms with Gasteiger partial charge in [0.15, 0.2) is 0 Å². The molecule has 0 radical (unpaired) electrons. The predicted octanol–water partition coefficient (Wildman–Crippen LogP) is 8.68. The molecule has 8 saturated carbocycles. The van der Waals surface area contributed by atoms with Gasteiger partial charge in [-0.25, -0.2) is 4.68 Å². The molecule has 1 aromatic heterocycles. The van der Waals surface area contributed by atoms with Crippen LogP contribution in [0.4, 0.5) is 0 Å². The summed E-state index contributed by atoms with van der Waals surface area (Å²) < 4.78 is 12.9. The Labute approximate surface area is 384 Å². The summed E-state index contributed by atoms with van der Waals surface area (Å²) in [6, 6.07) is 0. The van der Waals surface area contributed by atoms with E-state index < -0.39 is 0 Å². The second-order valence-electron chi connectivity index (χ2n) is 24.7. The van der Waals surface area contributed by atoms with E-state index in [1.54, 1.807) is 10.9 Å². The van der Waals surface area contributed by atoms with Gasteiger partial charge < -0.3 is 29.9 Å². The number of rotatable bonds is 13. The van der Waals surface area contributed by atoms with Crippen molar-refractivity contribution in [2.45, 2.75) is 208 Å². The Morgan fingerprint density at radius 1 is 0.656 bits per heavy atom. The number of aliphatic hydroxyl groups excluding tert-OH is 4. The first-order valence-corrected chi connectivity index (χ1v) is 26.4. The molecule has 0 aliphatic heterocycles. The van der Waals surface area contributed by atoms with Crippen molar-refractivity contribution < 1.29 is 39.5 Å². The van der Waals surface area contributed by atoms with E-state index in [1.165, 1.54) is 25.7 Å². The zero-order chi connectivity index (χ0) is 45.3. The van der Waals surface area contributed by atoms with Gasteiger partial charge >= 0.3 is 11.9 Å². The Morgan fingerprint density at radius 2 is 1.14 bits per heavy atom. The van der Waals surface area contributed by atoms with Crippen LogP contribution in [0, 0.1) is 92.7 Å². The third-order valence-corrected chi connectivity index (χ3v) is 22.2. The molecule has 1 aromatic rings. The number of nitrogens with zero attached hydrogens (tertiary/aromatic N) is 3. The van der Waals surface area contributed by atoms with E-state index in [2.05, 4.69) is 51.9 Å². The third-order valence-electron chi connectivity index (χ3n) is 22.2. The number of hydrogen-bond donors (Lipinski definition) is 4. The summed E-state index contributed by atoms with van der Waals surface area (Å²) in [6.45, 7) is 14.8. The molecular formula is C53H85N3O8. The molecule has 0 aromatic carbocycles. The standard InChI is InChI=1S/C53H85N3O8/c1-31(40-13-15-42-38-11-9-33-25-36(57)19-21-50(33,3)44(38)27-46(59)52(40,42)5)7-17-48(61)63-24-23-56-29-35(54-55-56)30-64-49(62)18-8-32(2)41-14-16-43-39-12-10-34-26-37(58)20-22-51(34,4)45(39)28-47(60)53(41,43)6/h29,31-34,36-47,57-60H,7-28,30H2,1-6H3/t31-,32-,33-,34-,36-,37-,38+,39+,40-,41-,42+,43+,44+,45+,46+,47+,50+,51+,52-,53-/m1/s1. The van der Waals surface area contributed by atoms with Crippen molar-refractivity contribution in [1.29, 1.82) is 0 Å². The molecule has 8 fully saturated rings. The van der Waals surface area contributed by atoms with E-state index in [4.69, 9.17) is 9.47 Å². The zero-order valence-electron chi connectivity index (χ0n) is 40.3. The minimum absolute atomic E-state index is 0.0493. The van der Waals surface area contributed by atoms with Crippen molar-refractivity contribution in [2.75, 3.05) is 6.61 Å². The second kappa shape index (κ2) is 18.1. The van der Waals surface area contributed by atoms with Crippen LogP contribution in [0.15, 0.2) is 6.20 Å². The van der Waals surface area contributed by atoms with Crippen molar-refractivity contribution in [1.82, 2.24) is 15.0 Å². The topological polar surface area (TPSA) is 164 Å². The van der Waals surface area contributed by atoms with Crippen LogP contribution in [0.2, 0.25) is 0 Å². The van der Waals surface area contributed by atoms with Crippen LogP contribution in [0.25, 0.3) is 0 Å². The molecule has 4 N–H and O–H groups in total. The highest BCUT2D eigenvalue weighted by atomic mass is 16.5. The van der Waals surface area contributed by atoms with Crippen LogP contribution in [0.3, 0.4) is 0 Å². The van der Waals surface area contributed by atoms with Crippen LogP contribution in [-0.4, -0.2) is 78.4 Å². The molecule has 8 aliphatic carbocycles. The number of fused-ring (bicyclic) bond motifs is 10. The van der Waals surface area contributed by atoms with Gasteiger partial charge in [0.2, 0.25) is 0 Å². The minimum atomic E-state index is -0.333. The largest absolute Gasteiger partial charge is 0.464 e. The van der Waals surface area contributed by atoms with Gasteiger partial charge in [-0.3, -0.25) is 9.59 Å². The molecule has 1 heterocycles. The van der Waals surface area contributed by atoms with Gasteiger partial charge in [-0.05, 0) is 208 Å². The number of hydrogen-bond acceptors (Lipinski definition) is 10. The average Bonchev–Trinajstić information content (AvgIpc) is 3.98. The van der Waals surface area contributed by atoms with Crippen molar-refractivity contribution in [3.05, 3.63) is 11.9 Å². The maximum atomic E-state index is 13.0. The van der Waals surface area contributed by atoms with Crippen molar-refractivity contribution in [3.63, 3.8) is 0 Å². The van der Waals surface area contributed by atoms with Crippen molar-refractivity contribution >= 4 is 11.9 Å². The maximum Gasteiger partial charge on any atom is 0.306 e. The molecule has 0 saturated heterocycles. The number of aromatic nitrogens is 3.